The maximum Gasteiger partial charge on any atom is 0.254 e. The molecule has 5 nitrogen and oxygen atoms in total. The van der Waals surface area contributed by atoms with Crippen molar-refractivity contribution >= 4 is 21.5 Å². The Bertz CT molecular complexity index is 977. The highest BCUT2D eigenvalue weighted by molar-refractivity contribution is 7.89. The molecule has 27 heavy (non-hydrogen) atoms. The summed E-state index contributed by atoms with van der Waals surface area (Å²) < 4.78 is 25.7. The number of aryl methyl sites for hydroxylation is 1. The van der Waals surface area contributed by atoms with E-state index >= 15 is 0 Å². The summed E-state index contributed by atoms with van der Waals surface area (Å²) >= 11 is 0. The van der Waals surface area contributed by atoms with Gasteiger partial charge in [-0.1, -0.05) is 42.0 Å². The van der Waals surface area contributed by atoms with Gasteiger partial charge < -0.3 is 4.90 Å². The van der Waals surface area contributed by atoms with Crippen LogP contribution >= 0.6 is 0 Å². The van der Waals surface area contributed by atoms with Crippen molar-refractivity contribution in [2.75, 3.05) is 27.2 Å². The fraction of sp³-hybridized carbons (Fsp3) is 0.286. The number of sulfonamides is 1. The average Bonchev–Trinajstić information content (AvgIpc) is 2.68. The molecular weight excluding hydrogens is 360 g/mol. The van der Waals surface area contributed by atoms with Gasteiger partial charge >= 0.3 is 0 Å². The lowest BCUT2D eigenvalue weighted by Gasteiger charge is -2.27. The summed E-state index contributed by atoms with van der Waals surface area (Å²) in [5, 5.41) is 0. The van der Waals surface area contributed by atoms with Crippen molar-refractivity contribution in [3.8, 4) is 0 Å². The number of carbonyl (C=O) groups is 1. The lowest BCUT2D eigenvalue weighted by Crippen LogP contribution is -2.34. The number of hydrogen-bond donors (Lipinski definition) is 0. The molecule has 0 aromatic heterocycles. The number of nitrogens with zero attached hydrogens (tertiary/aromatic N) is 2. The second-order valence-corrected chi connectivity index (χ2v) is 9.06. The van der Waals surface area contributed by atoms with Gasteiger partial charge in [0.05, 0.1) is 4.90 Å². The zero-order valence-corrected chi connectivity index (χ0v) is 16.7. The molecule has 142 valence electrons. The first-order chi connectivity index (χ1) is 12.8. The Morgan fingerprint density at radius 2 is 1.78 bits per heavy atom. The minimum atomic E-state index is -3.56. The largest absolute Gasteiger partial charge is 0.335 e. The second kappa shape index (κ2) is 7.66. The molecule has 1 aliphatic heterocycles. The number of rotatable bonds is 4. The van der Waals surface area contributed by atoms with Crippen molar-refractivity contribution in [1.82, 2.24) is 9.21 Å². The van der Waals surface area contributed by atoms with Crippen LogP contribution in [0.1, 0.15) is 27.9 Å². The summed E-state index contributed by atoms with van der Waals surface area (Å²) in [6, 6.07) is 14.6. The van der Waals surface area contributed by atoms with E-state index in [2.05, 4.69) is 37.3 Å². The first-order valence-corrected chi connectivity index (χ1v) is 10.3. The van der Waals surface area contributed by atoms with E-state index in [4.69, 9.17) is 0 Å². The molecule has 3 rings (SSSR count). The van der Waals surface area contributed by atoms with Gasteiger partial charge in [0.1, 0.15) is 0 Å². The van der Waals surface area contributed by atoms with Crippen molar-refractivity contribution in [2.45, 2.75) is 18.2 Å². The third-order valence-corrected chi connectivity index (χ3v) is 6.59. The Hall–Kier alpha value is -2.44. The van der Waals surface area contributed by atoms with Crippen molar-refractivity contribution in [1.29, 1.82) is 0 Å². The van der Waals surface area contributed by atoms with Crippen LogP contribution in [0.2, 0.25) is 0 Å². The molecule has 6 heteroatoms. The van der Waals surface area contributed by atoms with Crippen LogP contribution in [0.3, 0.4) is 0 Å². The van der Waals surface area contributed by atoms with Crippen molar-refractivity contribution < 1.29 is 13.2 Å². The highest BCUT2D eigenvalue weighted by Gasteiger charge is 2.22. The molecular formula is C21H24N2O3S. The van der Waals surface area contributed by atoms with Gasteiger partial charge in [-0.15, -0.1) is 0 Å². The van der Waals surface area contributed by atoms with Gasteiger partial charge in [0.2, 0.25) is 10.0 Å². The van der Waals surface area contributed by atoms with Gasteiger partial charge in [0.25, 0.3) is 5.91 Å². The van der Waals surface area contributed by atoms with Gasteiger partial charge in [-0.05, 0) is 42.7 Å². The van der Waals surface area contributed by atoms with E-state index in [-0.39, 0.29) is 10.8 Å². The maximum absolute atomic E-state index is 12.8. The Balaban J connectivity index is 1.77. The maximum atomic E-state index is 12.8. The van der Waals surface area contributed by atoms with E-state index in [1.807, 2.05) is 0 Å². The highest BCUT2D eigenvalue weighted by Crippen LogP contribution is 2.24. The zero-order chi connectivity index (χ0) is 19.6. The molecule has 1 heterocycles. The molecule has 0 spiro atoms. The molecule has 0 atom stereocenters. The van der Waals surface area contributed by atoms with Crippen LogP contribution in [-0.2, 0) is 10.0 Å². The molecule has 1 amide bonds. The molecule has 0 bridgehead atoms. The molecule has 0 fully saturated rings. The minimum Gasteiger partial charge on any atom is -0.335 e. The quantitative estimate of drug-likeness (QED) is 0.814. The van der Waals surface area contributed by atoms with Gasteiger partial charge in [0, 0.05) is 32.7 Å². The highest BCUT2D eigenvalue weighted by atomic mass is 32.2. The monoisotopic (exact) mass is 384 g/mol. The van der Waals surface area contributed by atoms with Crippen LogP contribution in [0.25, 0.3) is 5.57 Å². The molecule has 0 aliphatic carbocycles. The van der Waals surface area contributed by atoms with Crippen molar-refractivity contribution in [2.24, 2.45) is 0 Å². The molecule has 0 saturated carbocycles. The summed E-state index contributed by atoms with van der Waals surface area (Å²) in [5.41, 5.74) is 4.04. The standard InChI is InChI=1S/C21H24N2O3S/c1-16-7-9-17(10-8-16)18-11-13-23(14-12-18)21(24)19-5-4-6-20(15-19)27(25,26)22(2)3/h4-11,15H,12-14H2,1-3H3. The van der Waals surface area contributed by atoms with Crippen molar-refractivity contribution in [3.63, 3.8) is 0 Å². The normalized spacial score (nSPS) is 15.0. The number of benzene rings is 2. The van der Waals surface area contributed by atoms with Gasteiger partial charge in [-0.2, -0.15) is 0 Å². The van der Waals surface area contributed by atoms with E-state index in [1.54, 1.807) is 17.0 Å². The third-order valence-electron chi connectivity index (χ3n) is 4.78. The minimum absolute atomic E-state index is 0.131. The molecule has 0 radical (unpaired) electrons. The number of carbonyl (C=O) groups excluding carboxylic acids is 1. The van der Waals surface area contributed by atoms with Crippen LogP contribution in [-0.4, -0.2) is 50.7 Å². The van der Waals surface area contributed by atoms with Crippen LogP contribution in [0.5, 0.6) is 0 Å². The first-order valence-electron chi connectivity index (χ1n) is 8.87. The van der Waals surface area contributed by atoms with Crippen LogP contribution in [0, 0.1) is 6.92 Å². The van der Waals surface area contributed by atoms with E-state index < -0.39 is 10.0 Å². The number of amides is 1. The van der Waals surface area contributed by atoms with Crippen molar-refractivity contribution in [3.05, 3.63) is 71.3 Å². The lowest BCUT2D eigenvalue weighted by molar-refractivity contribution is 0.0772. The van der Waals surface area contributed by atoms with E-state index in [0.717, 1.165) is 10.7 Å². The molecule has 0 unspecified atom stereocenters. The third kappa shape index (κ3) is 4.12. The summed E-state index contributed by atoms with van der Waals surface area (Å²) in [4.78, 5) is 14.7. The topological polar surface area (TPSA) is 57.7 Å². The van der Waals surface area contributed by atoms with Crippen LogP contribution in [0.15, 0.2) is 59.5 Å². The van der Waals surface area contributed by atoms with E-state index in [9.17, 15) is 13.2 Å². The Labute approximate surface area is 161 Å². The van der Waals surface area contributed by atoms with Gasteiger partial charge in [-0.25, -0.2) is 12.7 Å². The Kier molecular flexibility index (Phi) is 5.48. The molecule has 1 aliphatic rings. The second-order valence-electron chi connectivity index (χ2n) is 6.91. The summed E-state index contributed by atoms with van der Waals surface area (Å²) in [6.07, 6.45) is 2.86. The zero-order valence-electron chi connectivity index (χ0n) is 15.8. The predicted octanol–water partition coefficient (Wildman–Crippen LogP) is 3.17. The molecule has 0 N–H and O–H groups in total. The molecule has 2 aromatic rings. The average molecular weight is 385 g/mol. The Morgan fingerprint density at radius 3 is 2.37 bits per heavy atom. The molecule has 2 aromatic carbocycles. The SMILES string of the molecule is Cc1ccc(C2=CCN(C(=O)c3cccc(S(=O)(=O)N(C)C)c3)CC2)cc1. The summed E-state index contributed by atoms with van der Waals surface area (Å²) in [6.45, 7) is 3.19. The Morgan fingerprint density at radius 1 is 1.07 bits per heavy atom. The first kappa shape index (κ1) is 19.3. The fourth-order valence-electron chi connectivity index (χ4n) is 3.07. The smallest absolute Gasteiger partial charge is 0.254 e. The lowest BCUT2D eigenvalue weighted by atomic mass is 9.98. The molecule has 0 saturated heterocycles. The summed E-state index contributed by atoms with van der Waals surface area (Å²) in [7, 11) is -0.605. The fourth-order valence-corrected chi connectivity index (χ4v) is 4.01. The van der Waals surface area contributed by atoms with E-state index in [0.29, 0.717) is 18.7 Å². The van der Waals surface area contributed by atoms with Gasteiger partial charge in [0.15, 0.2) is 0 Å². The number of hydrogen-bond acceptors (Lipinski definition) is 3. The predicted molar refractivity (Wildman–Crippen MR) is 107 cm³/mol. The van der Waals surface area contributed by atoms with Gasteiger partial charge in [-0.3, -0.25) is 4.79 Å². The van der Waals surface area contributed by atoms with Crippen LogP contribution in [0.4, 0.5) is 0 Å². The van der Waals surface area contributed by atoms with Crippen LogP contribution < -0.4 is 0 Å². The van der Waals surface area contributed by atoms with E-state index in [1.165, 1.54) is 42.9 Å². The summed E-state index contributed by atoms with van der Waals surface area (Å²) in [5.74, 6) is -0.148.